The van der Waals surface area contributed by atoms with Crippen LogP contribution in [0.2, 0.25) is 0 Å². The normalized spacial score (nSPS) is 24.8. The fourth-order valence-corrected chi connectivity index (χ4v) is 6.80. The lowest BCUT2D eigenvalue weighted by molar-refractivity contribution is -0.137. The third-order valence-corrected chi connectivity index (χ3v) is 9.02. The molecule has 2 aromatic carbocycles. The summed E-state index contributed by atoms with van der Waals surface area (Å²) in [5, 5.41) is 0. The molecule has 2 fully saturated rings. The summed E-state index contributed by atoms with van der Waals surface area (Å²) in [5.41, 5.74) is -0.306. The summed E-state index contributed by atoms with van der Waals surface area (Å²) in [4.78, 5) is 0. The molecule has 0 aliphatic heterocycles. The number of hydrogen-bond donors (Lipinski definition) is 0. The first-order valence-corrected chi connectivity index (χ1v) is 14.4. The third-order valence-electron chi connectivity index (χ3n) is 9.02. The van der Waals surface area contributed by atoms with Crippen molar-refractivity contribution in [1.82, 2.24) is 0 Å². The van der Waals surface area contributed by atoms with Gasteiger partial charge in [0.25, 0.3) is 0 Å². The predicted molar refractivity (Wildman–Crippen MR) is 140 cm³/mol. The van der Waals surface area contributed by atoms with E-state index in [0.29, 0.717) is 11.5 Å². The van der Waals surface area contributed by atoms with Crippen LogP contribution >= 0.6 is 0 Å². The molecule has 0 atom stereocenters. The minimum Gasteiger partial charge on any atom is -0.206 e. The molecule has 0 bridgehead atoms. The first-order valence-electron chi connectivity index (χ1n) is 14.4. The van der Waals surface area contributed by atoms with Gasteiger partial charge in [-0.25, -0.2) is 8.78 Å². The van der Waals surface area contributed by atoms with Crippen LogP contribution in [0.15, 0.2) is 36.4 Å². The molecule has 4 rings (SSSR count). The molecule has 0 saturated heterocycles. The molecule has 0 N–H and O–H groups in total. The van der Waals surface area contributed by atoms with Gasteiger partial charge in [0.2, 0.25) is 0 Å². The molecular weight excluding hydrogens is 479 g/mol. The second-order valence-electron chi connectivity index (χ2n) is 11.6. The van der Waals surface area contributed by atoms with E-state index in [1.807, 2.05) is 0 Å². The summed E-state index contributed by atoms with van der Waals surface area (Å²) in [6.07, 6.45) is 13.2. The Morgan fingerprint density at radius 2 is 1.14 bits per heavy atom. The van der Waals surface area contributed by atoms with Gasteiger partial charge in [-0.1, -0.05) is 83.3 Å². The van der Waals surface area contributed by atoms with Crippen molar-refractivity contribution in [2.75, 3.05) is 0 Å². The molecule has 37 heavy (non-hydrogen) atoms. The third kappa shape index (κ3) is 7.57. The van der Waals surface area contributed by atoms with Crippen LogP contribution in [0.25, 0.3) is 11.1 Å². The topological polar surface area (TPSA) is 0 Å². The van der Waals surface area contributed by atoms with Crippen molar-refractivity contribution in [3.05, 3.63) is 59.2 Å². The minimum atomic E-state index is -4.48. The highest BCUT2D eigenvalue weighted by molar-refractivity contribution is 5.66. The van der Waals surface area contributed by atoms with Crippen molar-refractivity contribution in [2.24, 2.45) is 17.8 Å². The van der Waals surface area contributed by atoms with Crippen LogP contribution < -0.4 is 0 Å². The van der Waals surface area contributed by atoms with Crippen LogP contribution in [0.5, 0.6) is 0 Å². The van der Waals surface area contributed by atoms with Gasteiger partial charge >= 0.3 is 6.18 Å². The predicted octanol–water partition coefficient (Wildman–Crippen LogP) is 11.1. The molecule has 0 amide bonds. The van der Waals surface area contributed by atoms with Crippen molar-refractivity contribution < 1.29 is 22.0 Å². The van der Waals surface area contributed by atoms with Crippen LogP contribution in [-0.4, -0.2) is 0 Å². The highest BCUT2D eigenvalue weighted by Gasteiger charge is 2.30. The van der Waals surface area contributed by atoms with E-state index in [1.165, 1.54) is 76.3 Å². The van der Waals surface area contributed by atoms with Crippen LogP contribution in [0.3, 0.4) is 0 Å². The summed E-state index contributed by atoms with van der Waals surface area (Å²) < 4.78 is 68.3. The Balaban J connectivity index is 1.23. The SMILES string of the molecule is CCC[C@H]1CC[C@H](CCCCC2CCC(c3cc(F)c(-c4ccc(C(F)(F)F)cc4)c(F)c3)CC2)CC1. The van der Waals surface area contributed by atoms with Gasteiger partial charge in [-0.2, -0.15) is 13.2 Å². The van der Waals surface area contributed by atoms with Crippen molar-refractivity contribution >= 4 is 0 Å². The summed E-state index contributed by atoms with van der Waals surface area (Å²) >= 11 is 0. The smallest absolute Gasteiger partial charge is 0.206 e. The van der Waals surface area contributed by atoms with Crippen molar-refractivity contribution in [1.29, 1.82) is 0 Å². The summed E-state index contributed by atoms with van der Waals surface area (Å²) in [5.74, 6) is 1.33. The number of halogens is 5. The van der Waals surface area contributed by atoms with E-state index in [9.17, 15) is 22.0 Å². The van der Waals surface area contributed by atoms with Crippen LogP contribution in [0.1, 0.15) is 114 Å². The van der Waals surface area contributed by atoms with Crippen LogP contribution in [-0.2, 0) is 6.18 Å². The molecule has 0 spiro atoms. The van der Waals surface area contributed by atoms with Crippen molar-refractivity contribution in [3.8, 4) is 11.1 Å². The number of rotatable bonds is 9. The number of alkyl halides is 3. The van der Waals surface area contributed by atoms with E-state index < -0.39 is 23.4 Å². The first-order chi connectivity index (χ1) is 17.7. The molecular formula is C32H41F5. The highest BCUT2D eigenvalue weighted by Crippen LogP contribution is 2.41. The van der Waals surface area contributed by atoms with E-state index in [4.69, 9.17) is 0 Å². The monoisotopic (exact) mass is 520 g/mol. The Bertz CT molecular complexity index is 954. The number of unbranched alkanes of at least 4 members (excludes halogenated alkanes) is 1. The van der Waals surface area contributed by atoms with E-state index >= 15 is 0 Å². The Hall–Kier alpha value is -1.91. The summed E-state index contributed by atoms with van der Waals surface area (Å²) in [7, 11) is 0. The largest absolute Gasteiger partial charge is 0.416 e. The molecule has 5 heteroatoms. The first kappa shape index (κ1) is 28.1. The average molecular weight is 521 g/mol. The van der Waals surface area contributed by atoms with Gasteiger partial charge in [0.05, 0.1) is 11.1 Å². The summed E-state index contributed by atoms with van der Waals surface area (Å²) in [6, 6.07) is 6.76. The van der Waals surface area contributed by atoms with E-state index in [-0.39, 0.29) is 17.0 Å². The van der Waals surface area contributed by atoms with Crippen LogP contribution in [0.4, 0.5) is 22.0 Å². The van der Waals surface area contributed by atoms with E-state index in [1.54, 1.807) is 0 Å². The van der Waals surface area contributed by atoms with Gasteiger partial charge in [0, 0.05) is 0 Å². The van der Waals surface area contributed by atoms with Gasteiger partial charge in [0.15, 0.2) is 0 Å². The molecule has 0 unspecified atom stereocenters. The molecule has 2 aliphatic carbocycles. The number of hydrogen-bond acceptors (Lipinski definition) is 0. The fourth-order valence-electron chi connectivity index (χ4n) is 6.80. The van der Waals surface area contributed by atoms with E-state index in [0.717, 1.165) is 61.8 Å². The van der Waals surface area contributed by atoms with Gasteiger partial charge in [-0.3, -0.25) is 0 Å². The standard InChI is InChI=1S/C32H41F5/c1-2-5-22-8-10-23(11-9-22)6-3-4-7-24-12-14-25(15-13-24)27-20-29(33)31(30(34)21-27)26-16-18-28(19-17-26)32(35,36)37/h16-25H,2-15H2,1H3/t22-,23-,24?,25?. The maximum Gasteiger partial charge on any atom is 0.416 e. The van der Waals surface area contributed by atoms with E-state index in [2.05, 4.69) is 6.92 Å². The molecule has 204 valence electrons. The van der Waals surface area contributed by atoms with Gasteiger partial charge in [-0.15, -0.1) is 0 Å². The van der Waals surface area contributed by atoms with Gasteiger partial charge < -0.3 is 0 Å². The fraction of sp³-hybridized carbons (Fsp3) is 0.625. The Morgan fingerprint density at radius 1 is 0.676 bits per heavy atom. The Labute approximate surface area is 219 Å². The average Bonchev–Trinajstić information content (AvgIpc) is 2.87. The van der Waals surface area contributed by atoms with Gasteiger partial charge in [-0.05, 0) is 84.7 Å². The minimum absolute atomic E-state index is 0.118. The Kier molecular flexibility index (Phi) is 9.69. The second kappa shape index (κ2) is 12.8. The molecule has 2 saturated carbocycles. The molecule has 0 nitrogen and oxygen atoms in total. The number of benzene rings is 2. The molecule has 0 radical (unpaired) electrons. The zero-order valence-corrected chi connectivity index (χ0v) is 22.1. The zero-order valence-electron chi connectivity index (χ0n) is 22.1. The summed E-state index contributed by atoms with van der Waals surface area (Å²) in [6.45, 7) is 2.29. The molecule has 0 heterocycles. The van der Waals surface area contributed by atoms with Crippen molar-refractivity contribution in [2.45, 2.75) is 109 Å². The quantitative estimate of drug-likeness (QED) is 0.228. The lowest BCUT2D eigenvalue weighted by Crippen LogP contribution is -2.15. The highest BCUT2D eigenvalue weighted by atomic mass is 19.4. The lowest BCUT2D eigenvalue weighted by atomic mass is 9.76. The Morgan fingerprint density at radius 3 is 1.59 bits per heavy atom. The molecule has 2 aromatic rings. The molecule has 0 aromatic heterocycles. The maximum absolute atomic E-state index is 14.9. The van der Waals surface area contributed by atoms with Gasteiger partial charge in [0.1, 0.15) is 11.6 Å². The zero-order chi connectivity index (χ0) is 26.4. The maximum atomic E-state index is 14.9. The van der Waals surface area contributed by atoms with Crippen molar-refractivity contribution in [3.63, 3.8) is 0 Å². The second-order valence-corrected chi connectivity index (χ2v) is 11.6. The lowest BCUT2D eigenvalue weighted by Gasteiger charge is -2.30. The van der Waals surface area contributed by atoms with Crippen LogP contribution in [0, 0.1) is 29.4 Å². The molecule has 2 aliphatic rings.